The topological polar surface area (TPSA) is 12.0 Å². The molecule has 28 heavy (non-hydrogen) atoms. The van der Waals surface area contributed by atoms with Gasteiger partial charge in [0.1, 0.15) is 0 Å². The maximum Gasteiger partial charge on any atom is -0.00169 e. The lowest BCUT2D eigenvalue weighted by Gasteiger charge is -2.12. The zero-order chi connectivity index (χ0) is 21.2. The first kappa shape index (κ1) is 25.9. The van der Waals surface area contributed by atoms with Crippen molar-refractivity contribution in [2.45, 2.75) is 59.3 Å². The second-order valence-electron chi connectivity index (χ2n) is 6.62. The maximum atomic E-state index is 4.09. The Morgan fingerprint density at radius 3 is 2.29 bits per heavy atom. The predicted octanol–water partition coefficient (Wildman–Crippen LogP) is 7.68. The highest BCUT2D eigenvalue weighted by atomic mass is 14.8. The van der Waals surface area contributed by atoms with E-state index in [0.29, 0.717) is 0 Å². The minimum absolute atomic E-state index is 0.996. The minimum atomic E-state index is 0.996. The van der Waals surface area contributed by atoms with E-state index in [1.165, 1.54) is 40.7 Å². The largest absolute Gasteiger partial charge is 0.319 e. The first-order valence-electron chi connectivity index (χ1n) is 10.7. The van der Waals surface area contributed by atoms with Gasteiger partial charge in [0.25, 0.3) is 0 Å². The van der Waals surface area contributed by atoms with Crippen LogP contribution < -0.4 is 5.32 Å². The van der Waals surface area contributed by atoms with Gasteiger partial charge in [0.15, 0.2) is 0 Å². The van der Waals surface area contributed by atoms with Crippen LogP contribution in [0.25, 0.3) is 5.57 Å². The molecule has 0 aliphatic heterocycles. The Morgan fingerprint density at radius 2 is 1.71 bits per heavy atom. The summed E-state index contributed by atoms with van der Waals surface area (Å²) in [5.41, 5.74) is 6.86. The molecule has 0 atom stereocenters. The van der Waals surface area contributed by atoms with Gasteiger partial charge in [-0.05, 0) is 67.1 Å². The van der Waals surface area contributed by atoms with Crippen LogP contribution in [0.3, 0.4) is 0 Å². The highest BCUT2D eigenvalue weighted by Crippen LogP contribution is 2.35. The maximum absolute atomic E-state index is 4.09. The van der Waals surface area contributed by atoms with Crippen LogP contribution in [-0.4, -0.2) is 13.6 Å². The summed E-state index contributed by atoms with van der Waals surface area (Å²) in [5.74, 6) is 0. The molecule has 0 saturated heterocycles. The fraction of sp³-hybridized carbons (Fsp3) is 0.407. The van der Waals surface area contributed by atoms with E-state index in [-0.39, 0.29) is 0 Å². The monoisotopic (exact) mass is 379 g/mol. The van der Waals surface area contributed by atoms with Gasteiger partial charge in [0.2, 0.25) is 0 Å². The highest BCUT2D eigenvalue weighted by Gasteiger charge is 2.17. The van der Waals surface area contributed by atoms with Gasteiger partial charge >= 0.3 is 0 Å². The fourth-order valence-electron chi connectivity index (χ4n) is 2.98. The number of hydrogen-bond donors (Lipinski definition) is 1. The van der Waals surface area contributed by atoms with Gasteiger partial charge in [-0.25, -0.2) is 0 Å². The van der Waals surface area contributed by atoms with Gasteiger partial charge in [-0.1, -0.05) is 88.8 Å². The van der Waals surface area contributed by atoms with Crippen LogP contribution in [0.5, 0.6) is 0 Å². The number of aryl methyl sites for hydroxylation is 1. The number of rotatable bonds is 7. The molecule has 0 fully saturated rings. The van der Waals surface area contributed by atoms with Crippen molar-refractivity contribution in [1.29, 1.82) is 0 Å². The minimum Gasteiger partial charge on any atom is -0.319 e. The van der Waals surface area contributed by atoms with E-state index >= 15 is 0 Å². The molecule has 1 heteroatoms. The molecule has 1 nitrogen and oxygen atoms in total. The molecule has 0 bridgehead atoms. The summed E-state index contributed by atoms with van der Waals surface area (Å²) in [6.45, 7) is 17.6. The molecular formula is C27H41N. The molecule has 1 aromatic carbocycles. The lowest BCUT2D eigenvalue weighted by molar-refractivity contribution is 0.808. The summed E-state index contributed by atoms with van der Waals surface area (Å²) < 4.78 is 0. The molecule has 1 aliphatic carbocycles. The number of unbranched alkanes of at least 4 members (excludes halogenated alkanes) is 1. The van der Waals surface area contributed by atoms with E-state index in [1.807, 2.05) is 13.1 Å². The summed E-state index contributed by atoms with van der Waals surface area (Å²) in [4.78, 5) is 0. The van der Waals surface area contributed by atoms with Gasteiger partial charge in [-0.3, -0.25) is 0 Å². The van der Waals surface area contributed by atoms with Crippen molar-refractivity contribution in [3.8, 4) is 0 Å². The van der Waals surface area contributed by atoms with Gasteiger partial charge in [-0.15, -0.1) is 13.2 Å². The molecule has 154 valence electrons. The number of nitrogens with one attached hydrogen (secondary N) is 1. The summed E-state index contributed by atoms with van der Waals surface area (Å²) in [6, 6.07) is 8.79. The normalized spacial score (nSPS) is 14.5. The van der Waals surface area contributed by atoms with E-state index in [9.17, 15) is 0 Å². The molecule has 0 aromatic heterocycles. The van der Waals surface area contributed by atoms with E-state index in [2.05, 4.69) is 88.3 Å². The number of benzene rings is 1. The van der Waals surface area contributed by atoms with Crippen molar-refractivity contribution < 1.29 is 0 Å². The van der Waals surface area contributed by atoms with Crippen LogP contribution in [0.4, 0.5) is 0 Å². The third kappa shape index (κ3) is 8.71. The highest BCUT2D eigenvalue weighted by molar-refractivity contribution is 5.85. The van der Waals surface area contributed by atoms with Crippen molar-refractivity contribution in [2.75, 3.05) is 13.6 Å². The van der Waals surface area contributed by atoms with E-state index in [0.717, 1.165) is 32.2 Å². The van der Waals surface area contributed by atoms with Gasteiger partial charge in [-0.2, -0.15) is 0 Å². The lowest BCUT2D eigenvalue weighted by Crippen LogP contribution is -2.06. The average molecular weight is 380 g/mol. The number of allylic oxidation sites excluding steroid dienone is 6. The van der Waals surface area contributed by atoms with Crippen molar-refractivity contribution in [1.82, 2.24) is 5.32 Å². The third-order valence-corrected chi connectivity index (χ3v) is 4.61. The summed E-state index contributed by atoms with van der Waals surface area (Å²) >= 11 is 0. The molecule has 0 saturated carbocycles. The van der Waals surface area contributed by atoms with Gasteiger partial charge in [0, 0.05) is 0 Å². The van der Waals surface area contributed by atoms with E-state index < -0.39 is 0 Å². The second kappa shape index (κ2) is 17.0. The van der Waals surface area contributed by atoms with Crippen molar-refractivity contribution >= 4 is 5.57 Å². The Morgan fingerprint density at radius 1 is 1.04 bits per heavy atom. The van der Waals surface area contributed by atoms with Crippen molar-refractivity contribution in [3.05, 3.63) is 90.6 Å². The van der Waals surface area contributed by atoms with Crippen LogP contribution in [0.1, 0.15) is 64.0 Å². The lowest BCUT2D eigenvalue weighted by atomic mass is 9.92. The molecule has 0 spiro atoms. The zero-order valence-electron chi connectivity index (χ0n) is 18.7. The Bertz CT molecular complexity index is 644. The Hall–Kier alpha value is -2.12. The molecular weight excluding hydrogens is 338 g/mol. The van der Waals surface area contributed by atoms with Crippen LogP contribution in [0.2, 0.25) is 0 Å². The number of fused-ring (bicyclic) bond motifs is 1. The molecule has 1 aliphatic rings. The van der Waals surface area contributed by atoms with Crippen molar-refractivity contribution in [3.63, 3.8) is 0 Å². The molecule has 0 unspecified atom stereocenters. The molecule has 1 aromatic rings. The molecule has 0 radical (unpaired) electrons. The average Bonchev–Trinajstić information content (AvgIpc) is 2.90. The molecule has 2 rings (SSSR count). The Kier molecular flexibility index (Phi) is 15.7. The molecule has 0 heterocycles. The SMILES string of the molecule is C=C.C=C/C1=C(/C=C\CC)CCc2ccccc2\C1=C/CCNC.CCCC. The summed E-state index contributed by atoms with van der Waals surface area (Å²) in [7, 11) is 2.00. The van der Waals surface area contributed by atoms with Crippen molar-refractivity contribution in [2.24, 2.45) is 0 Å². The first-order chi connectivity index (χ1) is 13.7. The fourth-order valence-corrected chi connectivity index (χ4v) is 2.98. The standard InChI is InChI=1S/C21H27N.C4H10.C2H4/c1-4-6-10-17-14-15-18-11-7-8-12-20(18)21(19(17)5-2)13-9-16-22-3;1-3-4-2;1-2/h5-8,10-13,22H,2,4,9,14-16H2,1,3H3;3-4H2,1-2H3;1-2H2/b10-6-,21-13-;;. The second-order valence-corrected chi connectivity index (χ2v) is 6.62. The van der Waals surface area contributed by atoms with Gasteiger partial charge in [0.05, 0.1) is 0 Å². The molecule has 0 amide bonds. The smallest absolute Gasteiger partial charge is 0.00169 e. The molecule has 1 N–H and O–H groups in total. The first-order valence-corrected chi connectivity index (χ1v) is 10.7. The van der Waals surface area contributed by atoms with E-state index in [4.69, 9.17) is 0 Å². The third-order valence-electron chi connectivity index (χ3n) is 4.61. The number of hydrogen-bond acceptors (Lipinski definition) is 1. The predicted molar refractivity (Wildman–Crippen MR) is 130 cm³/mol. The Balaban J connectivity index is 0.00000108. The van der Waals surface area contributed by atoms with Gasteiger partial charge < -0.3 is 5.32 Å². The van der Waals surface area contributed by atoms with Crippen LogP contribution in [-0.2, 0) is 6.42 Å². The van der Waals surface area contributed by atoms with Crippen LogP contribution >= 0.6 is 0 Å². The summed E-state index contributed by atoms with van der Waals surface area (Å²) in [5, 5.41) is 3.22. The van der Waals surface area contributed by atoms with Crippen LogP contribution in [0.15, 0.2) is 79.5 Å². The quantitative estimate of drug-likeness (QED) is 0.378. The zero-order valence-corrected chi connectivity index (χ0v) is 18.7. The van der Waals surface area contributed by atoms with E-state index in [1.54, 1.807) is 0 Å². The summed E-state index contributed by atoms with van der Waals surface area (Å²) in [6.07, 6.45) is 15.8. The Labute approximate surface area is 174 Å². The van der Waals surface area contributed by atoms with Crippen LogP contribution in [0, 0.1) is 0 Å².